The molecule has 5 nitrogen and oxygen atoms in total. The molecular formula is C17H33IN4OS. The van der Waals surface area contributed by atoms with Gasteiger partial charge in [0.05, 0.1) is 6.54 Å². The lowest BCUT2D eigenvalue weighted by atomic mass is 10.0. The molecule has 2 heterocycles. The normalized spacial score (nSPS) is 24.4. The third-order valence-corrected chi connectivity index (χ3v) is 5.96. The van der Waals surface area contributed by atoms with E-state index < -0.39 is 0 Å². The highest BCUT2D eigenvalue weighted by Crippen LogP contribution is 2.26. The van der Waals surface area contributed by atoms with Crippen LogP contribution in [0, 0.1) is 0 Å². The van der Waals surface area contributed by atoms with Crippen molar-refractivity contribution in [1.29, 1.82) is 0 Å². The first kappa shape index (κ1) is 21.9. The maximum Gasteiger partial charge on any atom is 0.224 e. The van der Waals surface area contributed by atoms with Crippen LogP contribution in [0.1, 0.15) is 52.4 Å². The van der Waals surface area contributed by atoms with Crippen LogP contribution in [0.5, 0.6) is 0 Å². The summed E-state index contributed by atoms with van der Waals surface area (Å²) in [7, 11) is 0. The van der Waals surface area contributed by atoms with Crippen molar-refractivity contribution >= 4 is 47.6 Å². The van der Waals surface area contributed by atoms with Gasteiger partial charge < -0.3 is 15.5 Å². The summed E-state index contributed by atoms with van der Waals surface area (Å²) in [5.74, 6) is 2.39. The smallest absolute Gasteiger partial charge is 0.224 e. The molecule has 2 aliphatic heterocycles. The minimum Gasteiger partial charge on any atom is -0.357 e. The Morgan fingerprint density at radius 2 is 2.08 bits per heavy atom. The molecule has 0 aromatic carbocycles. The van der Waals surface area contributed by atoms with Crippen molar-refractivity contribution < 1.29 is 4.79 Å². The molecule has 2 saturated heterocycles. The predicted molar refractivity (Wildman–Crippen MR) is 115 cm³/mol. The molecule has 140 valence electrons. The van der Waals surface area contributed by atoms with Crippen LogP contribution in [0.15, 0.2) is 4.99 Å². The van der Waals surface area contributed by atoms with Crippen LogP contribution in [-0.4, -0.2) is 60.0 Å². The summed E-state index contributed by atoms with van der Waals surface area (Å²) in [6.07, 6.45) is 6.68. The Hall–Kier alpha value is -0.180. The molecule has 2 unspecified atom stereocenters. The summed E-state index contributed by atoms with van der Waals surface area (Å²) in [6, 6.07) is 0.401. The molecule has 0 spiro atoms. The number of likely N-dealkylation sites (tertiary alicyclic amines) is 1. The molecule has 0 radical (unpaired) electrons. The number of hydrogen-bond donors (Lipinski definition) is 2. The average Bonchev–Trinajstić information content (AvgIpc) is 3.06. The van der Waals surface area contributed by atoms with Gasteiger partial charge in [-0.15, -0.1) is 24.0 Å². The monoisotopic (exact) mass is 468 g/mol. The summed E-state index contributed by atoms with van der Waals surface area (Å²) in [6.45, 7) is 7.54. The number of thioether (sulfide) groups is 1. The number of nitrogens with one attached hydrogen (secondary N) is 2. The first-order valence-electron chi connectivity index (χ1n) is 9.14. The zero-order chi connectivity index (χ0) is 16.5. The number of hydrogen-bond acceptors (Lipinski definition) is 3. The van der Waals surface area contributed by atoms with E-state index in [1.807, 2.05) is 16.7 Å². The van der Waals surface area contributed by atoms with Crippen molar-refractivity contribution in [2.45, 2.75) is 63.7 Å². The third-order valence-electron chi connectivity index (χ3n) is 4.58. The fourth-order valence-electron chi connectivity index (χ4n) is 3.22. The van der Waals surface area contributed by atoms with Gasteiger partial charge in [0.15, 0.2) is 5.96 Å². The molecule has 24 heavy (non-hydrogen) atoms. The lowest BCUT2D eigenvalue weighted by Gasteiger charge is -2.33. The number of nitrogens with zero attached hydrogens (tertiary/aromatic N) is 2. The van der Waals surface area contributed by atoms with Gasteiger partial charge in [0.2, 0.25) is 5.91 Å². The number of aliphatic imine (C=N–C) groups is 1. The van der Waals surface area contributed by atoms with Crippen LogP contribution in [0.3, 0.4) is 0 Å². The molecule has 2 fully saturated rings. The highest BCUT2D eigenvalue weighted by Gasteiger charge is 2.22. The second-order valence-corrected chi connectivity index (χ2v) is 7.87. The minimum atomic E-state index is 0. The van der Waals surface area contributed by atoms with Crippen LogP contribution in [0.4, 0.5) is 0 Å². The van der Waals surface area contributed by atoms with Gasteiger partial charge in [0.25, 0.3) is 0 Å². The third kappa shape index (κ3) is 7.37. The molecule has 1 amide bonds. The topological polar surface area (TPSA) is 56.7 Å². The van der Waals surface area contributed by atoms with E-state index in [4.69, 9.17) is 0 Å². The van der Waals surface area contributed by atoms with Crippen LogP contribution < -0.4 is 10.6 Å². The van der Waals surface area contributed by atoms with E-state index in [9.17, 15) is 4.79 Å². The molecule has 0 aromatic rings. The van der Waals surface area contributed by atoms with Crippen LogP contribution in [-0.2, 0) is 4.79 Å². The summed E-state index contributed by atoms with van der Waals surface area (Å²) in [4.78, 5) is 19.1. The van der Waals surface area contributed by atoms with E-state index in [-0.39, 0.29) is 29.9 Å². The molecule has 2 N–H and O–H groups in total. The van der Waals surface area contributed by atoms with E-state index >= 15 is 0 Å². The Morgan fingerprint density at radius 1 is 1.25 bits per heavy atom. The molecule has 2 rings (SSSR count). The number of halogens is 1. The number of rotatable bonds is 6. The number of carbonyl (C=O) groups excluding carboxylic acids is 1. The number of carbonyl (C=O) groups is 1. The lowest BCUT2D eigenvalue weighted by molar-refractivity contribution is -0.134. The molecule has 7 heteroatoms. The number of amides is 1. The molecule has 0 aliphatic carbocycles. The van der Waals surface area contributed by atoms with Gasteiger partial charge >= 0.3 is 0 Å². The SMILES string of the molecule is CCNC(=NCC1CCCS1)NCCC(=O)N1CCCCC1C.I. The predicted octanol–water partition coefficient (Wildman–Crippen LogP) is 2.85. The minimum absolute atomic E-state index is 0. The fourth-order valence-corrected chi connectivity index (χ4v) is 4.40. The Kier molecular flexibility index (Phi) is 11.1. The Morgan fingerprint density at radius 3 is 2.75 bits per heavy atom. The van der Waals surface area contributed by atoms with Crippen LogP contribution in [0.25, 0.3) is 0 Å². The van der Waals surface area contributed by atoms with Gasteiger partial charge in [-0.2, -0.15) is 11.8 Å². The highest BCUT2D eigenvalue weighted by atomic mass is 127. The van der Waals surface area contributed by atoms with Crippen molar-refractivity contribution in [2.75, 3.05) is 31.9 Å². The van der Waals surface area contributed by atoms with Crippen molar-refractivity contribution in [3.05, 3.63) is 0 Å². The first-order valence-corrected chi connectivity index (χ1v) is 10.2. The zero-order valence-electron chi connectivity index (χ0n) is 15.1. The molecule has 0 saturated carbocycles. The van der Waals surface area contributed by atoms with Crippen LogP contribution >= 0.6 is 35.7 Å². The van der Waals surface area contributed by atoms with Gasteiger partial charge in [-0.3, -0.25) is 9.79 Å². The van der Waals surface area contributed by atoms with Crippen molar-refractivity contribution in [3.63, 3.8) is 0 Å². The molecule has 0 aromatic heterocycles. The van der Waals surface area contributed by atoms with Gasteiger partial charge in [-0.1, -0.05) is 0 Å². The second-order valence-electron chi connectivity index (χ2n) is 6.46. The summed E-state index contributed by atoms with van der Waals surface area (Å²) < 4.78 is 0. The molecule has 2 atom stereocenters. The molecule has 0 bridgehead atoms. The highest BCUT2D eigenvalue weighted by molar-refractivity contribution is 14.0. The fraction of sp³-hybridized carbons (Fsp3) is 0.882. The van der Waals surface area contributed by atoms with Crippen molar-refractivity contribution in [3.8, 4) is 0 Å². The van der Waals surface area contributed by atoms with Crippen molar-refractivity contribution in [1.82, 2.24) is 15.5 Å². The maximum absolute atomic E-state index is 12.3. The van der Waals surface area contributed by atoms with E-state index in [2.05, 4.69) is 29.5 Å². The second kappa shape index (κ2) is 12.2. The number of piperidine rings is 1. The summed E-state index contributed by atoms with van der Waals surface area (Å²) in [5.41, 5.74) is 0. The maximum atomic E-state index is 12.3. The van der Waals surface area contributed by atoms with E-state index in [0.717, 1.165) is 38.4 Å². The Balaban J connectivity index is 0.00000288. The standard InChI is InChI=1S/C17H32N4OS.HI/c1-3-18-17(20-13-15-8-6-12-23-15)19-10-9-16(22)21-11-5-4-7-14(21)2;/h14-15H,3-13H2,1-2H3,(H2,18,19,20);1H. The molecular weight excluding hydrogens is 435 g/mol. The summed E-state index contributed by atoms with van der Waals surface area (Å²) >= 11 is 2.03. The molecule has 2 aliphatic rings. The quantitative estimate of drug-likeness (QED) is 0.358. The Labute approximate surface area is 168 Å². The van der Waals surface area contributed by atoms with Gasteiger partial charge in [0, 0.05) is 37.3 Å². The largest absolute Gasteiger partial charge is 0.357 e. The Bertz CT molecular complexity index is 402. The van der Waals surface area contributed by atoms with Gasteiger partial charge in [-0.05, 0) is 51.7 Å². The van der Waals surface area contributed by atoms with Crippen molar-refractivity contribution in [2.24, 2.45) is 4.99 Å². The van der Waals surface area contributed by atoms with E-state index in [0.29, 0.717) is 24.3 Å². The summed E-state index contributed by atoms with van der Waals surface area (Å²) in [5, 5.41) is 7.25. The first-order chi connectivity index (χ1) is 11.2. The zero-order valence-corrected chi connectivity index (χ0v) is 18.2. The van der Waals surface area contributed by atoms with E-state index in [1.165, 1.54) is 25.0 Å². The van der Waals surface area contributed by atoms with Crippen LogP contribution in [0.2, 0.25) is 0 Å². The van der Waals surface area contributed by atoms with E-state index in [1.54, 1.807) is 0 Å². The average molecular weight is 468 g/mol. The number of guanidine groups is 1. The lowest BCUT2D eigenvalue weighted by Crippen LogP contribution is -2.44. The van der Waals surface area contributed by atoms with Gasteiger partial charge in [0.1, 0.15) is 0 Å². The van der Waals surface area contributed by atoms with Gasteiger partial charge in [-0.25, -0.2) is 0 Å².